The van der Waals surface area contributed by atoms with Crippen molar-refractivity contribution in [3.05, 3.63) is 77.2 Å². The molecule has 1 saturated heterocycles. The number of amides is 2. The molecular formula is C36H38N10O2. The largest absolute Gasteiger partial charge is 0.364 e. The molecule has 244 valence electrons. The van der Waals surface area contributed by atoms with Crippen molar-refractivity contribution in [2.24, 2.45) is 5.92 Å². The smallest absolute Gasteiger partial charge is 0.274 e. The molecule has 2 aliphatic heterocycles. The third-order valence-corrected chi connectivity index (χ3v) is 9.89. The van der Waals surface area contributed by atoms with E-state index in [-0.39, 0.29) is 41.6 Å². The fraction of sp³-hybridized carbons (Fsp3) is 0.389. The zero-order valence-electron chi connectivity index (χ0n) is 27.1. The average molecular weight is 643 g/mol. The molecule has 48 heavy (non-hydrogen) atoms. The van der Waals surface area contributed by atoms with E-state index < -0.39 is 0 Å². The quantitative estimate of drug-likeness (QED) is 0.214. The number of rotatable bonds is 10. The Morgan fingerprint density at radius 3 is 2.56 bits per heavy atom. The molecule has 2 aromatic heterocycles. The fourth-order valence-corrected chi connectivity index (χ4v) is 7.00. The maximum absolute atomic E-state index is 13.3. The Morgan fingerprint density at radius 2 is 1.81 bits per heavy atom. The molecule has 3 fully saturated rings. The Morgan fingerprint density at radius 1 is 1.00 bits per heavy atom. The number of benzene rings is 2. The van der Waals surface area contributed by atoms with Gasteiger partial charge in [0, 0.05) is 55.8 Å². The lowest BCUT2D eigenvalue weighted by atomic mass is 9.91. The Kier molecular flexibility index (Phi) is 7.56. The summed E-state index contributed by atoms with van der Waals surface area (Å²) in [6.45, 7) is 4.66. The van der Waals surface area contributed by atoms with E-state index in [1.165, 1.54) is 5.69 Å². The van der Waals surface area contributed by atoms with Crippen LogP contribution in [-0.2, 0) is 11.3 Å². The Balaban J connectivity index is 1.09. The molecule has 12 nitrogen and oxygen atoms in total. The SMILES string of the molecule is CCC1c2c(cnn2C2CN(Cc3ccccc3C#N)C2)-c2cccc(Nc3cc(NC(=O)C4CC4)nnc3C(=O)NC3CC3)c2N1C. The van der Waals surface area contributed by atoms with Crippen molar-refractivity contribution < 1.29 is 9.59 Å². The van der Waals surface area contributed by atoms with Gasteiger partial charge in [-0.05, 0) is 49.8 Å². The van der Waals surface area contributed by atoms with Crippen LogP contribution in [0.5, 0.6) is 0 Å². The lowest BCUT2D eigenvalue weighted by Crippen LogP contribution is -2.48. The van der Waals surface area contributed by atoms with Crippen LogP contribution in [0.15, 0.2) is 54.7 Å². The molecule has 2 aromatic carbocycles. The van der Waals surface area contributed by atoms with Crippen molar-refractivity contribution >= 4 is 34.7 Å². The standard InChI is InChI=1S/C36H38N10O2/c1-3-30-34-27(17-38-46(34)25-19-45(20-25)18-23-8-5-4-7-22(23)16-37)26-9-6-10-28(33(26)44(30)2)40-29-15-31(41-35(47)21-11-12-21)42-43-32(29)36(48)39-24-13-14-24/h4-10,15,17,21,24-25,30H,3,11-14,18-20H2,1-2H3,(H,39,48)(H2,40,41,42,47). The number of nitrogens with one attached hydrogen (secondary N) is 3. The lowest BCUT2D eigenvalue weighted by molar-refractivity contribution is -0.117. The van der Waals surface area contributed by atoms with E-state index >= 15 is 0 Å². The molecule has 0 spiro atoms. The second-order valence-electron chi connectivity index (χ2n) is 13.4. The first-order valence-corrected chi connectivity index (χ1v) is 16.8. The topological polar surface area (TPSA) is 144 Å². The minimum atomic E-state index is -0.286. The monoisotopic (exact) mass is 642 g/mol. The van der Waals surface area contributed by atoms with E-state index in [0.29, 0.717) is 11.5 Å². The molecule has 1 atom stereocenters. The molecular weight excluding hydrogens is 604 g/mol. The number of carbonyl (C=O) groups excluding carboxylic acids is 2. The van der Waals surface area contributed by atoms with Gasteiger partial charge < -0.3 is 20.9 Å². The van der Waals surface area contributed by atoms with E-state index in [2.05, 4.69) is 66.7 Å². The normalized spacial score (nSPS) is 18.7. The van der Waals surface area contributed by atoms with Gasteiger partial charge in [-0.15, -0.1) is 10.2 Å². The highest BCUT2D eigenvalue weighted by atomic mass is 16.2. The predicted molar refractivity (Wildman–Crippen MR) is 182 cm³/mol. The van der Waals surface area contributed by atoms with E-state index in [4.69, 9.17) is 5.10 Å². The van der Waals surface area contributed by atoms with Gasteiger partial charge in [-0.2, -0.15) is 10.4 Å². The number of nitriles is 1. The van der Waals surface area contributed by atoms with Crippen LogP contribution in [0.3, 0.4) is 0 Å². The maximum atomic E-state index is 13.3. The second kappa shape index (κ2) is 12.1. The van der Waals surface area contributed by atoms with E-state index in [1.807, 2.05) is 42.6 Å². The lowest BCUT2D eigenvalue weighted by Gasteiger charge is -2.43. The number of carbonyl (C=O) groups is 2. The van der Waals surface area contributed by atoms with Crippen molar-refractivity contribution in [3.8, 4) is 17.2 Å². The summed E-state index contributed by atoms with van der Waals surface area (Å²) >= 11 is 0. The second-order valence-corrected chi connectivity index (χ2v) is 13.4. The molecule has 8 rings (SSSR count). The van der Waals surface area contributed by atoms with Crippen molar-refractivity contribution in [3.63, 3.8) is 0 Å². The minimum absolute atomic E-state index is 0.0141. The highest BCUT2D eigenvalue weighted by Crippen LogP contribution is 2.50. The van der Waals surface area contributed by atoms with Crippen LogP contribution in [0.25, 0.3) is 11.1 Å². The Labute approximate surface area is 279 Å². The van der Waals surface area contributed by atoms with Gasteiger partial charge in [0.25, 0.3) is 5.91 Å². The minimum Gasteiger partial charge on any atom is -0.364 e. The van der Waals surface area contributed by atoms with Gasteiger partial charge in [-0.1, -0.05) is 37.3 Å². The Hall–Kier alpha value is -5.28. The number of likely N-dealkylation sites (tertiary alicyclic amines) is 1. The highest BCUT2D eigenvalue weighted by molar-refractivity contribution is 6.01. The highest BCUT2D eigenvalue weighted by Gasteiger charge is 2.38. The van der Waals surface area contributed by atoms with Gasteiger partial charge in [0.2, 0.25) is 5.91 Å². The molecule has 4 aromatic rings. The third kappa shape index (κ3) is 5.54. The van der Waals surface area contributed by atoms with Gasteiger partial charge in [0.1, 0.15) is 0 Å². The van der Waals surface area contributed by atoms with Crippen LogP contribution in [0.1, 0.15) is 78.4 Å². The summed E-state index contributed by atoms with van der Waals surface area (Å²) in [6.07, 6.45) is 6.52. The molecule has 0 radical (unpaired) electrons. The van der Waals surface area contributed by atoms with Crippen LogP contribution >= 0.6 is 0 Å². The number of nitrogens with zero attached hydrogens (tertiary/aromatic N) is 7. The molecule has 1 unspecified atom stereocenters. The zero-order chi connectivity index (χ0) is 32.9. The summed E-state index contributed by atoms with van der Waals surface area (Å²) in [5, 5.41) is 32.4. The number of aromatic nitrogens is 4. The van der Waals surface area contributed by atoms with Crippen LogP contribution < -0.4 is 20.9 Å². The van der Waals surface area contributed by atoms with E-state index in [1.54, 1.807) is 6.07 Å². The van der Waals surface area contributed by atoms with Gasteiger partial charge >= 0.3 is 0 Å². The van der Waals surface area contributed by atoms with Gasteiger partial charge in [-0.3, -0.25) is 19.2 Å². The summed E-state index contributed by atoms with van der Waals surface area (Å²) in [6, 6.07) is 18.4. The first-order valence-electron chi connectivity index (χ1n) is 16.8. The van der Waals surface area contributed by atoms with Crippen LogP contribution in [-0.4, -0.2) is 62.9 Å². The summed E-state index contributed by atoms with van der Waals surface area (Å²) in [7, 11) is 2.11. The zero-order valence-corrected chi connectivity index (χ0v) is 27.1. The predicted octanol–water partition coefficient (Wildman–Crippen LogP) is 5.15. The molecule has 4 heterocycles. The summed E-state index contributed by atoms with van der Waals surface area (Å²) in [4.78, 5) is 30.4. The van der Waals surface area contributed by atoms with Crippen LogP contribution in [0.2, 0.25) is 0 Å². The fourth-order valence-electron chi connectivity index (χ4n) is 7.00. The molecule has 3 N–H and O–H groups in total. The molecule has 12 heteroatoms. The van der Waals surface area contributed by atoms with Gasteiger partial charge in [0.05, 0.1) is 52.7 Å². The molecule has 2 aliphatic carbocycles. The third-order valence-electron chi connectivity index (χ3n) is 9.89. The first kappa shape index (κ1) is 30.1. The van der Waals surface area contributed by atoms with Crippen molar-refractivity contribution in [2.45, 2.75) is 63.7 Å². The van der Waals surface area contributed by atoms with Crippen molar-refractivity contribution in [1.82, 2.24) is 30.2 Å². The molecule has 2 saturated carbocycles. The van der Waals surface area contributed by atoms with Crippen LogP contribution in [0.4, 0.5) is 22.9 Å². The van der Waals surface area contributed by atoms with Crippen molar-refractivity contribution in [2.75, 3.05) is 35.7 Å². The average Bonchev–Trinajstić information content (AvgIpc) is 4.02. The number of para-hydroxylation sites is 1. The number of hydrogen-bond acceptors (Lipinski definition) is 9. The molecule has 0 bridgehead atoms. The number of anilines is 4. The van der Waals surface area contributed by atoms with Crippen molar-refractivity contribution in [1.29, 1.82) is 5.26 Å². The first-order chi connectivity index (χ1) is 23.4. The molecule has 4 aliphatic rings. The Bertz CT molecular complexity index is 1950. The van der Waals surface area contributed by atoms with Gasteiger partial charge in [0.15, 0.2) is 11.5 Å². The molecule has 2 amide bonds. The summed E-state index contributed by atoms with van der Waals surface area (Å²) in [5.74, 6) is -0.0260. The summed E-state index contributed by atoms with van der Waals surface area (Å²) in [5.41, 5.74) is 7.64. The number of fused-ring (bicyclic) bond motifs is 3. The number of hydrogen-bond donors (Lipinski definition) is 3. The van der Waals surface area contributed by atoms with Gasteiger partial charge in [-0.25, -0.2) is 0 Å². The summed E-state index contributed by atoms with van der Waals surface area (Å²) < 4.78 is 2.21. The van der Waals surface area contributed by atoms with E-state index in [9.17, 15) is 14.9 Å². The van der Waals surface area contributed by atoms with Crippen LogP contribution in [0, 0.1) is 17.2 Å². The maximum Gasteiger partial charge on any atom is 0.274 e. The van der Waals surface area contributed by atoms with E-state index in [0.717, 1.165) is 85.4 Å².